The minimum atomic E-state index is -0.221. The quantitative estimate of drug-likeness (QED) is 0.778. The molecule has 0 bridgehead atoms. The van der Waals surface area contributed by atoms with Crippen molar-refractivity contribution in [2.24, 2.45) is 0 Å². The van der Waals surface area contributed by atoms with Gasteiger partial charge in [0.15, 0.2) is 0 Å². The first-order valence-corrected chi connectivity index (χ1v) is 6.46. The molecule has 1 aliphatic rings. The molecule has 4 heteroatoms. The molecule has 1 fully saturated rings. The highest BCUT2D eigenvalue weighted by Gasteiger charge is 2.10. The second kappa shape index (κ2) is 6.95. The maximum absolute atomic E-state index is 11.0. The number of morpholine rings is 1. The molecule has 4 nitrogen and oxygen atoms in total. The van der Waals surface area contributed by atoms with E-state index in [4.69, 9.17) is 4.74 Å². The summed E-state index contributed by atoms with van der Waals surface area (Å²) in [7, 11) is 1.40. The molecule has 2 rings (SSSR count). The first kappa shape index (κ1) is 13.6. The van der Waals surface area contributed by atoms with Crippen molar-refractivity contribution in [3.63, 3.8) is 0 Å². The van der Waals surface area contributed by atoms with Gasteiger partial charge in [-0.25, -0.2) is 0 Å². The molecular formula is C15H19NO3. The summed E-state index contributed by atoms with van der Waals surface area (Å²) in [4.78, 5) is 13.3. The van der Waals surface area contributed by atoms with Gasteiger partial charge >= 0.3 is 5.97 Å². The Balaban J connectivity index is 1.92. The van der Waals surface area contributed by atoms with Crippen LogP contribution in [0.25, 0.3) is 6.08 Å². The van der Waals surface area contributed by atoms with Gasteiger partial charge in [-0.3, -0.25) is 4.79 Å². The Hall–Kier alpha value is -1.81. The van der Waals surface area contributed by atoms with Crippen LogP contribution in [0.4, 0.5) is 5.69 Å². The Morgan fingerprint density at radius 3 is 2.63 bits per heavy atom. The molecule has 1 heterocycles. The molecule has 1 saturated heterocycles. The van der Waals surface area contributed by atoms with Gasteiger partial charge in [-0.05, 0) is 17.7 Å². The molecule has 0 amide bonds. The van der Waals surface area contributed by atoms with Crippen LogP contribution in [-0.2, 0) is 14.3 Å². The maximum atomic E-state index is 11.0. The number of hydrogen-bond acceptors (Lipinski definition) is 4. The van der Waals surface area contributed by atoms with Gasteiger partial charge in [0, 0.05) is 18.8 Å². The van der Waals surface area contributed by atoms with Crippen molar-refractivity contribution in [1.82, 2.24) is 0 Å². The fourth-order valence-electron chi connectivity index (χ4n) is 1.99. The fraction of sp³-hybridized carbons (Fsp3) is 0.400. The van der Waals surface area contributed by atoms with Crippen LogP contribution in [0.2, 0.25) is 0 Å². The van der Waals surface area contributed by atoms with E-state index in [-0.39, 0.29) is 5.97 Å². The van der Waals surface area contributed by atoms with Crippen molar-refractivity contribution in [3.05, 3.63) is 35.9 Å². The lowest BCUT2D eigenvalue weighted by Gasteiger charge is -2.28. The van der Waals surface area contributed by atoms with E-state index in [9.17, 15) is 4.79 Å². The molecule has 19 heavy (non-hydrogen) atoms. The van der Waals surface area contributed by atoms with Gasteiger partial charge in [0.05, 0.1) is 26.7 Å². The van der Waals surface area contributed by atoms with Crippen molar-refractivity contribution in [3.8, 4) is 0 Å². The molecule has 102 valence electrons. The van der Waals surface area contributed by atoms with E-state index in [0.29, 0.717) is 6.42 Å². The zero-order chi connectivity index (χ0) is 13.5. The Bertz CT molecular complexity index is 433. The zero-order valence-electron chi connectivity index (χ0n) is 11.2. The Morgan fingerprint density at radius 2 is 2.00 bits per heavy atom. The minimum absolute atomic E-state index is 0.221. The summed E-state index contributed by atoms with van der Waals surface area (Å²) in [5.41, 5.74) is 2.30. The highest BCUT2D eigenvalue weighted by molar-refractivity contribution is 5.72. The topological polar surface area (TPSA) is 38.8 Å². The second-order valence-electron chi connectivity index (χ2n) is 4.37. The normalized spacial score (nSPS) is 15.7. The second-order valence-corrected chi connectivity index (χ2v) is 4.37. The summed E-state index contributed by atoms with van der Waals surface area (Å²) >= 11 is 0. The van der Waals surface area contributed by atoms with Gasteiger partial charge < -0.3 is 14.4 Å². The predicted molar refractivity (Wildman–Crippen MR) is 75.1 cm³/mol. The Labute approximate surface area is 113 Å². The molecule has 1 aromatic rings. The lowest BCUT2D eigenvalue weighted by Crippen LogP contribution is -2.36. The van der Waals surface area contributed by atoms with Crippen LogP contribution >= 0.6 is 0 Å². The molecule has 0 saturated carbocycles. The van der Waals surface area contributed by atoms with Gasteiger partial charge in [0.2, 0.25) is 0 Å². The van der Waals surface area contributed by atoms with Crippen LogP contribution in [-0.4, -0.2) is 39.4 Å². The molecule has 0 unspecified atom stereocenters. The average Bonchev–Trinajstić information content (AvgIpc) is 2.48. The summed E-state index contributed by atoms with van der Waals surface area (Å²) in [6.07, 6.45) is 4.05. The van der Waals surface area contributed by atoms with E-state index in [0.717, 1.165) is 31.9 Å². The highest BCUT2D eigenvalue weighted by Crippen LogP contribution is 2.17. The van der Waals surface area contributed by atoms with Gasteiger partial charge in [-0.15, -0.1) is 0 Å². The Kier molecular flexibility index (Phi) is 4.98. The number of anilines is 1. The third-order valence-corrected chi connectivity index (χ3v) is 3.09. The molecule has 0 N–H and O–H groups in total. The molecule has 1 aromatic carbocycles. The zero-order valence-corrected chi connectivity index (χ0v) is 11.2. The SMILES string of the molecule is COC(=O)CC=Cc1ccc(N2CCOCC2)cc1. The fourth-order valence-corrected chi connectivity index (χ4v) is 1.99. The van der Waals surface area contributed by atoms with E-state index < -0.39 is 0 Å². The molecule has 0 aromatic heterocycles. The van der Waals surface area contributed by atoms with E-state index >= 15 is 0 Å². The highest BCUT2D eigenvalue weighted by atomic mass is 16.5. The molecular weight excluding hydrogens is 242 g/mol. The number of esters is 1. The van der Waals surface area contributed by atoms with Crippen LogP contribution in [0, 0.1) is 0 Å². The number of benzene rings is 1. The summed E-state index contributed by atoms with van der Waals surface area (Å²) in [5.74, 6) is -0.221. The summed E-state index contributed by atoms with van der Waals surface area (Å²) in [6, 6.07) is 8.31. The van der Waals surface area contributed by atoms with E-state index in [2.05, 4.69) is 33.9 Å². The molecule has 0 radical (unpaired) electrons. The number of nitrogens with zero attached hydrogens (tertiary/aromatic N) is 1. The predicted octanol–water partition coefficient (Wildman–Crippen LogP) is 2.10. The molecule has 0 atom stereocenters. The third kappa shape index (κ3) is 4.10. The molecule has 1 aliphatic heterocycles. The number of carbonyl (C=O) groups is 1. The van der Waals surface area contributed by atoms with Crippen molar-refractivity contribution < 1.29 is 14.3 Å². The van der Waals surface area contributed by atoms with E-state index in [1.54, 1.807) is 0 Å². The van der Waals surface area contributed by atoms with Gasteiger partial charge in [-0.1, -0.05) is 24.3 Å². The van der Waals surface area contributed by atoms with Crippen molar-refractivity contribution >= 4 is 17.7 Å². The maximum Gasteiger partial charge on any atom is 0.309 e. The molecule has 0 aliphatic carbocycles. The van der Waals surface area contributed by atoms with Crippen molar-refractivity contribution in [2.45, 2.75) is 6.42 Å². The molecule has 0 spiro atoms. The largest absolute Gasteiger partial charge is 0.469 e. The minimum Gasteiger partial charge on any atom is -0.469 e. The standard InChI is InChI=1S/C15H19NO3/c1-18-15(17)4-2-3-13-5-7-14(8-6-13)16-9-11-19-12-10-16/h2-3,5-8H,4,9-12H2,1H3. The van der Waals surface area contributed by atoms with Crippen LogP contribution in [0.5, 0.6) is 0 Å². The van der Waals surface area contributed by atoms with Crippen LogP contribution in [0.3, 0.4) is 0 Å². The lowest BCUT2D eigenvalue weighted by atomic mass is 10.1. The average molecular weight is 261 g/mol. The summed E-state index contributed by atoms with van der Waals surface area (Å²) < 4.78 is 9.91. The van der Waals surface area contributed by atoms with Crippen LogP contribution in [0.15, 0.2) is 30.3 Å². The van der Waals surface area contributed by atoms with Gasteiger partial charge in [-0.2, -0.15) is 0 Å². The number of hydrogen-bond donors (Lipinski definition) is 0. The number of carbonyl (C=O) groups excluding carboxylic acids is 1. The summed E-state index contributed by atoms with van der Waals surface area (Å²) in [5, 5.41) is 0. The Morgan fingerprint density at radius 1 is 1.32 bits per heavy atom. The number of rotatable bonds is 4. The number of methoxy groups -OCH3 is 1. The monoisotopic (exact) mass is 261 g/mol. The van der Waals surface area contributed by atoms with Gasteiger partial charge in [0.25, 0.3) is 0 Å². The third-order valence-electron chi connectivity index (χ3n) is 3.09. The van der Waals surface area contributed by atoms with E-state index in [1.165, 1.54) is 12.8 Å². The van der Waals surface area contributed by atoms with Crippen molar-refractivity contribution in [2.75, 3.05) is 38.3 Å². The summed E-state index contributed by atoms with van der Waals surface area (Å²) in [6.45, 7) is 3.47. The van der Waals surface area contributed by atoms with Crippen molar-refractivity contribution in [1.29, 1.82) is 0 Å². The van der Waals surface area contributed by atoms with Gasteiger partial charge in [0.1, 0.15) is 0 Å². The first-order valence-electron chi connectivity index (χ1n) is 6.46. The van der Waals surface area contributed by atoms with E-state index in [1.807, 2.05) is 12.2 Å². The number of ether oxygens (including phenoxy) is 2. The van der Waals surface area contributed by atoms with Crippen LogP contribution in [0.1, 0.15) is 12.0 Å². The first-order chi connectivity index (χ1) is 9.29. The lowest BCUT2D eigenvalue weighted by molar-refractivity contribution is -0.139. The van der Waals surface area contributed by atoms with Crippen LogP contribution < -0.4 is 4.90 Å². The smallest absolute Gasteiger partial charge is 0.309 e.